The molecular formula is C35H30N2O4. The van der Waals surface area contributed by atoms with E-state index in [-0.39, 0.29) is 0 Å². The second kappa shape index (κ2) is 11.3. The lowest BCUT2D eigenvalue weighted by atomic mass is 9.86. The number of nitrogens with zero attached hydrogens (tertiary/aromatic N) is 1. The molecule has 1 aliphatic rings. The molecule has 0 unspecified atom stereocenters. The zero-order valence-electron chi connectivity index (χ0n) is 23.0. The first kappa shape index (κ1) is 26.3. The van der Waals surface area contributed by atoms with Crippen LogP contribution in [0.4, 0.5) is 5.69 Å². The molecule has 0 aliphatic heterocycles. The Balaban J connectivity index is 1.41. The van der Waals surface area contributed by atoms with Gasteiger partial charge in [0.1, 0.15) is 5.76 Å². The Morgan fingerprint density at radius 3 is 2.44 bits per heavy atom. The van der Waals surface area contributed by atoms with Crippen LogP contribution < -0.4 is 5.32 Å². The summed E-state index contributed by atoms with van der Waals surface area (Å²) in [5, 5.41) is 3.67. The highest BCUT2D eigenvalue weighted by atomic mass is 16.5. The summed E-state index contributed by atoms with van der Waals surface area (Å²) in [5.41, 5.74) is 7.07. The highest BCUT2D eigenvalue weighted by molar-refractivity contribution is 6.08. The minimum Gasteiger partial charge on any atom is -0.465 e. The SMILES string of the molecule is Cc1cc(C)cc(NC(=O)[C@@H](OC(=O)c2c3c(nc4ccccc24)/C(=C\c2ccco2)CCC3)c2ccccc2)c1. The first-order chi connectivity index (χ1) is 20.0. The summed E-state index contributed by atoms with van der Waals surface area (Å²) in [6.07, 6.45) is 4.83. The van der Waals surface area contributed by atoms with E-state index in [9.17, 15) is 9.59 Å². The Morgan fingerprint density at radius 1 is 0.927 bits per heavy atom. The Labute approximate surface area is 238 Å². The fourth-order valence-corrected chi connectivity index (χ4v) is 5.57. The van der Waals surface area contributed by atoms with E-state index in [1.165, 1.54) is 0 Å². The number of anilines is 1. The Bertz CT molecular complexity index is 1750. The number of fused-ring (bicyclic) bond motifs is 2. The van der Waals surface area contributed by atoms with Crippen molar-refractivity contribution in [1.29, 1.82) is 0 Å². The second-order valence-corrected chi connectivity index (χ2v) is 10.4. The average molecular weight is 543 g/mol. The zero-order chi connectivity index (χ0) is 28.3. The Hall–Kier alpha value is -4.97. The lowest BCUT2D eigenvalue weighted by molar-refractivity contribution is -0.125. The van der Waals surface area contributed by atoms with Gasteiger partial charge < -0.3 is 14.5 Å². The maximum absolute atomic E-state index is 14.1. The van der Waals surface area contributed by atoms with Gasteiger partial charge in [-0.1, -0.05) is 54.6 Å². The summed E-state index contributed by atoms with van der Waals surface area (Å²) in [4.78, 5) is 32.8. The number of carbonyl (C=O) groups is 2. The maximum atomic E-state index is 14.1. The topological polar surface area (TPSA) is 81.4 Å². The van der Waals surface area contributed by atoms with Crippen LogP contribution in [0.1, 0.15) is 63.0 Å². The number of hydrogen-bond donors (Lipinski definition) is 1. The fraction of sp³-hybridized carbons (Fsp3) is 0.171. The fourth-order valence-electron chi connectivity index (χ4n) is 5.57. The van der Waals surface area contributed by atoms with Crippen LogP contribution in [0.2, 0.25) is 0 Å². The van der Waals surface area contributed by atoms with Crippen LogP contribution in [0, 0.1) is 13.8 Å². The van der Waals surface area contributed by atoms with Crippen LogP contribution in [0.15, 0.2) is 95.6 Å². The third-order valence-corrected chi connectivity index (χ3v) is 7.29. The number of amides is 1. The third-order valence-electron chi connectivity index (χ3n) is 7.29. The van der Waals surface area contributed by atoms with Crippen LogP contribution in [0.3, 0.4) is 0 Å². The molecule has 2 heterocycles. The normalized spacial score (nSPS) is 14.4. The van der Waals surface area contributed by atoms with E-state index in [2.05, 4.69) is 5.32 Å². The van der Waals surface area contributed by atoms with Gasteiger partial charge in [0.15, 0.2) is 0 Å². The van der Waals surface area contributed by atoms with Crippen molar-refractivity contribution < 1.29 is 18.7 Å². The molecule has 0 saturated carbocycles. The predicted molar refractivity (Wildman–Crippen MR) is 160 cm³/mol. The zero-order valence-corrected chi connectivity index (χ0v) is 23.0. The van der Waals surface area contributed by atoms with Crippen molar-refractivity contribution in [3.8, 4) is 0 Å². The first-order valence-corrected chi connectivity index (χ1v) is 13.8. The number of hydrogen-bond acceptors (Lipinski definition) is 5. The largest absolute Gasteiger partial charge is 0.465 e. The summed E-state index contributed by atoms with van der Waals surface area (Å²) in [6.45, 7) is 3.95. The molecule has 1 aliphatic carbocycles. The molecular weight excluding hydrogens is 512 g/mol. The molecule has 6 nitrogen and oxygen atoms in total. The molecule has 0 radical (unpaired) electrons. The number of nitrogens with one attached hydrogen (secondary N) is 1. The van der Waals surface area contributed by atoms with Gasteiger partial charge in [0.2, 0.25) is 6.10 Å². The monoisotopic (exact) mass is 542 g/mol. The van der Waals surface area contributed by atoms with Gasteiger partial charge in [-0.15, -0.1) is 0 Å². The van der Waals surface area contributed by atoms with Gasteiger partial charge in [-0.3, -0.25) is 4.79 Å². The van der Waals surface area contributed by atoms with Crippen LogP contribution in [0.25, 0.3) is 22.6 Å². The number of ether oxygens (including phenoxy) is 1. The second-order valence-electron chi connectivity index (χ2n) is 10.4. The van der Waals surface area contributed by atoms with Crippen molar-refractivity contribution in [2.45, 2.75) is 39.2 Å². The molecule has 0 bridgehead atoms. The molecule has 3 aromatic carbocycles. The van der Waals surface area contributed by atoms with E-state index in [0.29, 0.717) is 34.1 Å². The van der Waals surface area contributed by atoms with Gasteiger partial charge in [0.05, 0.1) is 23.0 Å². The summed E-state index contributed by atoms with van der Waals surface area (Å²) < 4.78 is 11.7. The molecule has 5 aromatic rings. The third kappa shape index (κ3) is 5.54. The van der Waals surface area contributed by atoms with E-state index in [1.54, 1.807) is 18.4 Å². The van der Waals surface area contributed by atoms with Crippen LogP contribution in [-0.2, 0) is 16.0 Å². The smallest absolute Gasteiger partial charge is 0.340 e. The molecule has 6 rings (SSSR count). The summed E-state index contributed by atoms with van der Waals surface area (Å²) in [5.74, 6) is -0.233. The molecule has 0 fully saturated rings. The van der Waals surface area contributed by atoms with Gasteiger partial charge in [0, 0.05) is 16.6 Å². The van der Waals surface area contributed by atoms with Crippen molar-refractivity contribution in [2.75, 3.05) is 5.32 Å². The van der Waals surface area contributed by atoms with E-state index in [0.717, 1.165) is 46.6 Å². The number of carbonyl (C=O) groups excluding carboxylic acids is 2. The molecule has 2 aromatic heterocycles. The average Bonchev–Trinajstić information content (AvgIpc) is 3.48. The van der Waals surface area contributed by atoms with Crippen molar-refractivity contribution >= 4 is 40.1 Å². The molecule has 1 amide bonds. The van der Waals surface area contributed by atoms with Crippen LogP contribution in [0.5, 0.6) is 0 Å². The first-order valence-electron chi connectivity index (χ1n) is 13.8. The standard InChI is InChI=1S/C35H30N2O4/c1-22-18-23(2)20-26(19-22)36-34(38)33(24-10-4-3-5-11-24)41-35(39)31-28-14-6-7-16-30(28)37-32-25(12-8-15-29(31)32)21-27-13-9-17-40-27/h3-7,9-11,13-14,16-21,33H,8,12,15H2,1-2H3,(H,36,38)/b25-21-/t33-/m0/s1. The minimum atomic E-state index is -1.14. The van der Waals surface area contributed by atoms with E-state index < -0.39 is 18.0 Å². The number of benzene rings is 3. The quantitative estimate of drug-likeness (QED) is 0.221. The predicted octanol–water partition coefficient (Wildman–Crippen LogP) is 7.86. The van der Waals surface area contributed by atoms with Crippen LogP contribution >= 0.6 is 0 Å². The number of rotatable bonds is 6. The van der Waals surface area contributed by atoms with Gasteiger partial charge in [-0.25, -0.2) is 9.78 Å². The van der Waals surface area contributed by atoms with Crippen molar-refractivity contribution in [1.82, 2.24) is 4.98 Å². The number of aromatic nitrogens is 1. The molecule has 204 valence electrons. The lowest BCUT2D eigenvalue weighted by Crippen LogP contribution is -2.27. The molecule has 0 saturated heterocycles. The summed E-state index contributed by atoms with van der Waals surface area (Å²) in [6, 6.07) is 26.3. The van der Waals surface area contributed by atoms with Gasteiger partial charge in [-0.05, 0) is 91.8 Å². The number of para-hydroxylation sites is 1. The Morgan fingerprint density at radius 2 is 1.68 bits per heavy atom. The number of pyridine rings is 1. The minimum absolute atomic E-state index is 0.416. The highest BCUT2D eigenvalue weighted by Crippen LogP contribution is 2.37. The Kier molecular flexibility index (Phi) is 7.21. The van der Waals surface area contributed by atoms with Gasteiger partial charge >= 0.3 is 5.97 Å². The number of allylic oxidation sites excluding steroid dienone is 1. The van der Waals surface area contributed by atoms with E-state index in [1.807, 2.05) is 92.7 Å². The summed E-state index contributed by atoms with van der Waals surface area (Å²) in [7, 11) is 0. The van der Waals surface area contributed by atoms with E-state index in [4.69, 9.17) is 14.1 Å². The number of aryl methyl sites for hydroxylation is 2. The van der Waals surface area contributed by atoms with Crippen LogP contribution in [-0.4, -0.2) is 16.9 Å². The van der Waals surface area contributed by atoms with Gasteiger partial charge in [0.25, 0.3) is 5.91 Å². The maximum Gasteiger partial charge on any atom is 0.340 e. The number of esters is 1. The van der Waals surface area contributed by atoms with Crippen molar-refractivity contribution in [3.63, 3.8) is 0 Å². The molecule has 1 N–H and O–H groups in total. The van der Waals surface area contributed by atoms with Crippen molar-refractivity contribution in [2.24, 2.45) is 0 Å². The molecule has 6 heteroatoms. The summed E-state index contributed by atoms with van der Waals surface area (Å²) >= 11 is 0. The number of furan rings is 1. The van der Waals surface area contributed by atoms with E-state index >= 15 is 0 Å². The molecule has 0 spiro atoms. The molecule has 41 heavy (non-hydrogen) atoms. The van der Waals surface area contributed by atoms with Gasteiger partial charge in [-0.2, -0.15) is 0 Å². The highest BCUT2D eigenvalue weighted by Gasteiger charge is 2.31. The lowest BCUT2D eigenvalue weighted by Gasteiger charge is -2.24. The molecule has 1 atom stereocenters. The van der Waals surface area contributed by atoms with Crippen molar-refractivity contribution in [3.05, 3.63) is 130 Å².